The fraction of sp³-hybridized carbons (Fsp3) is 0.250. The molecule has 7 nitrogen and oxygen atoms in total. The highest BCUT2D eigenvalue weighted by atomic mass is 19.1. The Kier molecular flexibility index (Phi) is 5.45. The van der Waals surface area contributed by atoms with Crippen LogP contribution in [0.5, 0.6) is 5.75 Å². The van der Waals surface area contributed by atoms with Crippen LogP contribution in [0, 0.1) is 5.82 Å². The van der Waals surface area contributed by atoms with E-state index in [1.165, 1.54) is 12.1 Å². The van der Waals surface area contributed by atoms with Crippen LogP contribution in [0.15, 0.2) is 18.2 Å². The van der Waals surface area contributed by atoms with Crippen molar-refractivity contribution in [1.82, 2.24) is 5.32 Å². The highest BCUT2D eigenvalue weighted by molar-refractivity contribution is 5.93. The second-order valence-electron chi connectivity index (χ2n) is 3.48. The van der Waals surface area contributed by atoms with E-state index in [0.717, 1.165) is 6.07 Å². The number of amides is 2. The number of alkyl carbamates (subject to hydrolysis) is 1. The average Bonchev–Trinajstić information content (AvgIpc) is 2.36. The molecule has 1 rings (SSSR count). The van der Waals surface area contributed by atoms with Crippen molar-refractivity contribution in [1.29, 1.82) is 0 Å². The summed E-state index contributed by atoms with van der Waals surface area (Å²) in [5.74, 6) is -3.66. The minimum Gasteiger partial charge on any atom is -0.483 e. The molecular weight excluding hydrogens is 273 g/mol. The maximum atomic E-state index is 13.3. The van der Waals surface area contributed by atoms with Crippen LogP contribution < -0.4 is 10.1 Å². The highest BCUT2D eigenvalue weighted by Crippen LogP contribution is 2.21. The normalized spacial score (nSPS) is 9.70. The van der Waals surface area contributed by atoms with Crippen molar-refractivity contribution in [3.05, 3.63) is 29.6 Å². The van der Waals surface area contributed by atoms with Crippen LogP contribution in [-0.2, 0) is 9.53 Å². The van der Waals surface area contributed by atoms with E-state index in [9.17, 15) is 18.8 Å². The van der Waals surface area contributed by atoms with Crippen molar-refractivity contribution in [3.8, 4) is 5.75 Å². The fourth-order valence-corrected chi connectivity index (χ4v) is 1.29. The van der Waals surface area contributed by atoms with Crippen molar-refractivity contribution in [2.75, 3.05) is 13.2 Å². The van der Waals surface area contributed by atoms with Gasteiger partial charge in [-0.2, -0.15) is 0 Å². The van der Waals surface area contributed by atoms with Gasteiger partial charge in [0, 0.05) is 0 Å². The number of carbonyl (C=O) groups excluding carboxylic acids is 2. The first-order valence-electron chi connectivity index (χ1n) is 5.57. The topological polar surface area (TPSA) is 102 Å². The molecule has 108 valence electrons. The van der Waals surface area contributed by atoms with E-state index < -0.39 is 36.0 Å². The van der Waals surface area contributed by atoms with E-state index in [1.807, 2.05) is 5.32 Å². The summed E-state index contributed by atoms with van der Waals surface area (Å²) in [7, 11) is 0. The van der Waals surface area contributed by atoms with Crippen molar-refractivity contribution >= 4 is 18.0 Å². The van der Waals surface area contributed by atoms with Gasteiger partial charge in [-0.3, -0.25) is 10.1 Å². The molecule has 1 aromatic rings. The molecule has 20 heavy (non-hydrogen) atoms. The molecule has 0 aliphatic rings. The molecule has 0 fully saturated rings. The van der Waals surface area contributed by atoms with Crippen LogP contribution in [0.25, 0.3) is 0 Å². The third-order valence-corrected chi connectivity index (χ3v) is 2.06. The van der Waals surface area contributed by atoms with Gasteiger partial charge in [0.25, 0.3) is 5.91 Å². The summed E-state index contributed by atoms with van der Waals surface area (Å²) < 4.78 is 22.6. The van der Waals surface area contributed by atoms with Gasteiger partial charge in [0.05, 0.1) is 6.61 Å². The standard InChI is InChI=1S/C12H12FNO6/c1-2-19-12(18)14-9(15)6-20-8-5-3-4-7(13)10(8)11(16)17/h3-5H,2,6H2,1H3,(H,16,17)(H,14,15,18). The lowest BCUT2D eigenvalue weighted by molar-refractivity contribution is -0.122. The summed E-state index contributed by atoms with van der Waals surface area (Å²) in [6.07, 6.45) is -0.946. The Hall–Kier alpha value is -2.64. The van der Waals surface area contributed by atoms with Gasteiger partial charge < -0.3 is 14.6 Å². The number of hydrogen-bond acceptors (Lipinski definition) is 5. The van der Waals surface area contributed by atoms with Crippen molar-refractivity contribution in [2.45, 2.75) is 6.92 Å². The second-order valence-corrected chi connectivity index (χ2v) is 3.48. The molecule has 0 aliphatic carbocycles. The Morgan fingerprint density at radius 1 is 1.35 bits per heavy atom. The first kappa shape index (κ1) is 15.4. The van der Waals surface area contributed by atoms with Crippen LogP contribution in [0.4, 0.5) is 9.18 Å². The van der Waals surface area contributed by atoms with Crippen molar-refractivity contribution in [3.63, 3.8) is 0 Å². The van der Waals surface area contributed by atoms with E-state index >= 15 is 0 Å². The Bertz CT molecular complexity index is 531. The van der Waals surface area contributed by atoms with Crippen molar-refractivity contribution < 1.29 is 33.4 Å². The predicted octanol–water partition coefficient (Wildman–Crippen LogP) is 1.18. The first-order valence-corrected chi connectivity index (χ1v) is 5.57. The lowest BCUT2D eigenvalue weighted by Crippen LogP contribution is -2.34. The monoisotopic (exact) mass is 285 g/mol. The molecule has 2 amide bonds. The molecule has 0 radical (unpaired) electrons. The van der Waals surface area contributed by atoms with Gasteiger partial charge in [-0.15, -0.1) is 0 Å². The summed E-state index contributed by atoms with van der Waals surface area (Å²) in [5, 5.41) is 10.7. The van der Waals surface area contributed by atoms with Gasteiger partial charge >= 0.3 is 12.1 Å². The van der Waals surface area contributed by atoms with Crippen molar-refractivity contribution in [2.24, 2.45) is 0 Å². The molecule has 0 aliphatic heterocycles. The number of halogens is 1. The number of carboxylic acid groups (broad SMARTS) is 1. The number of ether oxygens (including phenoxy) is 2. The Morgan fingerprint density at radius 2 is 2.05 bits per heavy atom. The quantitative estimate of drug-likeness (QED) is 0.842. The minimum atomic E-state index is -1.52. The second kappa shape index (κ2) is 7.07. The molecule has 0 saturated heterocycles. The summed E-state index contributed by atoms with van der Waals surface area (Å²) >= 11 is 0. The lowest BCUT2D eigenvalue weighted by atomic mass is 10.2. The van der Waals surface area contributed by atoms with Gasteiger partial charge in [-0.1, -0.05) is 6.07 Å². The number of imide groups is 1. The fourth-order valence-electron chi connectivity index (χ4n) is 1.29. The molecular formula is C12H12FNO6. The average molecular weight is 285 g/mol. The summed E-state index contributed by atoms with van der Waals surface area (Å²) in [6.45, 7) is 1.00. The Morgan fingerprint density at radius 3 is 2.65 bits per heavy atom. The van der Waals surface area contributed by atoms with Crippen LogP contribution in [0.1, 0.15) is 17.3 Å². The van der Waals surface area contributed by atoms with Crippen LogP contribution in [0.3, 0.4) is 0 Å². The van der Waals surface area contributed by atoms with E-state index in [-0.39, 0.29) is 12.4 Å². The summed E-state index contributed by atoms with van der Waals surface area (Å²) in [6, 6.07) is 3.39. The molecule has 0 atom stereocenters. The van der Waals surface area contributed by atoms with Crippen LogP contribution in [-0.4, -0.2) is 36.3 Å². The van der Waals surface area contributed by atoms with E-state index in [0.29, 0.717) is 0 Å². The Balaban J connectivity index is 2.66. The van der Waals surface area contributed by atoms with Crippen LogP contribution >= 0.6 is 0 Å². The zero-order chi connectivity index (χ0) is 15.1. The molecule has 0 unspecified atom stereocenters. The number of rotatable bonds is 5. The van der Waals surface area contributed by atoms with Gasteiger partial charge in [0.2, 0.25) is 0 Å². The van der Waals surface area contributed by atoms with Gasteiger partial charge in [0.1, 0.15) is 17.1 Å². The maximum Gasteiger partial charge on any atom is 0.413 e. The lowest BCUT2D eigenvalue weighted by Gasteiger charge is -2.09. The number of carbonyl (C=O) groups is 3. The van der Waals surface area contributed by atoms with Gasteiger partial charge in [-0.05, 0) is 19.1 Å². The molecule has 0 heterocycles. The van der Waals surface area contributed by atoms with Gasteiger partial charge in [-0.25, -0.2) is 14.0 Å². The summed E-state index contributed by atoms with van der Waals surface area (Å²) in [5.41, 5.74) is -0.684. The molecule has 0 aromatic heterocycles. The molecule has 1 aromatic carbocycles. The zero-order valence-electron chi connectivity index (χ0n) is 10.5. The third-order valence-electron chi connectivity index (χ3n) is 2.06. The smallest absolute Gasteiger partial charge is 0.413 e. The minimum absolute atomic E-state index is 0.0903. The Labute approximate surface area is 113 Å². The molecule has 2 N–H and O–H groups in total. The first-order chi connectivity index (χ1) is 9.45. The number of aromatic carboxylic acids is 1. The van der Waals surface area contributed by atoms with E-state index in [2.05, 4.69) is 4.74 Å². The largest absolute Gasteiger partial charge is 0.483 e. The molecule has 0 saturated carbocycles. The number of nitrogens with one attached hydrogen (secondary N) is 1. The zero-order valence-corrected chi connectivity index (χ0v) is 10.5. The third kappa shape index (κ3) is 4.23. The predicted molar refractivity (Wildman–Crippen MR) is 64.0 cm³/mol. The van der Waals surface area contributed by atoms with E-state index in [1.54, 1.807) is 6.92 Å². The number of benzene rings is 1. The summed E-state index contributed by atoms with van der Waals surface area (Å²) in [4.78, 5) is 33.1. The van der Waals surface area contributed by atoms with Gasteiger partial charge in [0.15, 0.2) is 6.61 Å². The van der Waals surface area contributed by atoms with Crippen LogP contribution in [0.2, 0.25) is 0 Å². The number of hydrogen-bond donors (Lipinski definition) is 2. The highest BCUT2D eigenvalue weighted by Gasteiger charge is 2.18. The SMILES string of the molecule is CCOC(=O)NC(=O)COc1cccc(F)c1C(=O)O. The molecule has 0 bridgehead atoms. The number of carboxylic acids is 1. The molecule has 8 heteroatoms. The maximum absolute atomic E-state index is 13.3. The molecule has 0 spiro atoms. The van der Waals surface area contributed by atoms with E-state index in [4.69, 9.17) is 9.84 Å².